The molecule has 0 spiro atoms. The number of aromatic amines is 1. The van der Waals surface area contributed by atoms with E-state index in [1.165, 1.54) is 5.56 Å². The van der Waals surface area contributed by atoms with Crippen molar-refractivity contribution in [3.05, 3.63) is 53.3 Å². The SMILES string of the molecule is Cc1cccc(S(=O)(=O)NC2CCc3c(cnc4[nH]ncc34)C2)c1. The molecular formula is C17H18N4O2S. The number of nitrogens with zero attached hydrogens (tertiary/aromatic N) is 2. The first-order chi connectivity index (χ1) is 11.5. The fourth-order valence-corrected chi connectivity index (χ4v) is 4.69. The van der Waals surface area contributed by atoms with Crippen LogP contribution in [0.1, 0.15) is 23.1 Å². The van der Waals surface area contributed by atoms with Gasteiger partial charge in [-0.15, -0.1) is 0 Å². The first-order valence-electron chi connectivity index (χ1n) is 7.92. The number of sulfonamides is 1. The van der Waals surface area contributed by atoms with E-state index in [0.717, 1.165) is 35.0 Å². The molecule has 6 nitrogen and oxygen atoms in total. The van der Waals surface area contributed by atoms with Gasteiger partial charge in [0.25, 0.3) is 0 Å². The molecule has 3 aromatic rings. The van der Waals surface area contributed by atoms with Crippen molar-refractivity contribution >= 4 is 21.1 Å². The Morgan fingerprint density at radius 2 is 2.17 bits per heavy atom. The Hall–Kier alpha value is -2.25. The van der Waals surface area contributed by atoms with E-state index in [1.54, 1.807) is 24.4 Å². The average Bonchev–Trinajstić information content (AvgIpc) is 3.03. The molecule has 1 aliphatic carbocycles. The number of hydrogen-bond donors (Lipinski definition) is 2. The third-order valence-corrected chi connectivity index (χ3v) is 6.03. The third-order valence-electron chi connectivity index (χ3n) is 4.51. The Balaban J connectivity index is 1.59. The number of aromatic nitrogens is 3. The second-order valence-electron chi connectivity index (χ2n) is 6.27. The number of benzene rings is 1. The van der Waals surface area contributed by atoms with E-state index >= 15 is 0 Å². The largest absolute Gasteiger partial charge is 0.261 e. The molecular weight excluding hydrogens is 324 g/mol. The van der Waals surface area contributed by atoms with E-state index in [0.29, 0.717) is 11.3 Å². The quantitative estimate of drug-likeness (QED) is 0.763. The second-order valence-corrected chi connectivity index (χ2v) is 7.99. The minimum absolute atomic E-state index is 0.117. The van der Waals surface area contributed by atoms with Gasteiger partial charge in [0.2, 0.25) is 10.0 Å². The van der Waals surface area contributed by atoms with E-state index in [-0.39, 0.29) is 6.04 Å². The number of pyridine rings is 1. The van der Waals surface area contributed by atoms with Crippen LogP contribution in [0.4, 0.5) is 0 Å². The smallest absolute Gasteiger partial charge is 0.240 e. The van der Waals surface area contributed by atoms with Crippen molar-refractivity contribution in [2.24, 2.45) is 0 Å². The summed E-state index contributed by atoms with van der Waals surface area (Å²) in [5.74, 6) is 0. The molecule has 124 valence electrons. The summed E-state index contributed by atoms with van der Waals surface area (Å²) in [7, 11) is -3.51. The molecule has 0 radical (unpaired) electrons. The molecule has 2 aromatic heterocycles. The van der Waals surface area contributed by atoms with E-state index in [9.17, 15) is 8.42 Å². The van der Waals surface area contributed by atoms with E-state index in [1.807, 2.05) is 19.2 Å². The average molecular weight is 342 g/mol. The number of aryl methyl sites for hydroxylation is 2. The lowest BCUT2D eigenvalue weighted by molar-refractivity contribution is 0.508. The molecule has 0 saturated heterocycles. The second kappa shape index (κ2) is 5.68. The number of rotatable bonds is 3. The zero-order valence-corrected chi connectivity index (χ0v) is 14.1. The van der Waals surface area contributed by atoms with Crippen molar-refractivity contribution in [1.82, 2.24) is 19.9 Å². The maximum Gasteiger partial charge on any atom is 0.240 e. The summed E-state index contributed by atoms with van der Waals surface area (Å²) < 4.78 is 28.0. The summed E-state index contributed by atoms with van der Waals surface area (Å²) in [6.07, 6.45) is 5.84. The van der Waals surface area contributed by atoms with Crippen molar-refractivity contribution in [3.63, 3.8) is 0 Å². The molecule has 2 N–H and O–H groups in total. The lowest BCUT2D eigenvalue weighted by atomic mass is 9.88. The topological polar surface area (TPSA) is 87.7 Å². The molecule has 1 atom stereocenters. The normalized spacial score (nSPS) is 17.8. The zero-order valence-electron chi connectivity index (χ0n) is 13.3. The first-order valence-corrected chi connectivity index (χ1v) is 9.40. The van der Waals surface area contributed by atoms with Gasteiger partial charge in [0, 0.05) is 17.6 Å². The van der Waals surface area contributed by atoms with Crippen LogP contribution >= 0.6 is 0 Å². The highest BCUT2D eigenvalue weighted by Gasteiger charge is 2.26. The Bertz CT molecular complexity index is 1010. The molecule has 1 aromatic carbocycles. The highest BCUT2D eigenvalue weighted by atomic mass is 32.2. The van der Waals surface area contributed by atoms with Crippen LogP contribution in [0.25, 0.3) is 11.0 Å². The molecule has 1 unspecified atom stereocenters. The van der Waals surface area contributed by atoms with Crippen LogP contribution < -0.4 is 4.72 Å². The first kappa shape index (κ1) is 15.3. The Morgan fingerprint density at radius 3 is 3.00 bits per heavy atom. The van der Waals surface area contributed by atoms with Gasteiger partial charge in [-0.25, -0.2) is 18.1 Å². The van der Waals surface area contributed by atoms with Crippen molar-refractivity contribution in [3.8, 4) is 0 Å². The fourth-order valence-electron chi connectivity index (χ4n) is 3.32. The van der Waals surface area contributed by atoms with Gasteiger partial charge in [0.15, 0.2) is 5.65 Å². The summed E-state index contributed by atoms with van der Waals surface area (Å²) in [6.45, 7) is 1.89. The van der Waals surface area contributed by atoms with Crippen molar-refractivity contribution in [2.75, 3.05) is 0 Å². The lowest BCUT2D eigenvalue weighted by Gasteiger charge is -2.25. The lowest BCUT2D eigenvalue weighted by Crippen LogP contribution is -2.38. The van der Waals surface area contributed by atoms with Crippen LogP contribution in [-0.2, 0) is 22.9 Å². The molecule has 2 heterocycles. The van der Waals surface area contributed by atoms with E-state index in [4.69, 9.17) is 0 Å². The Morgan fingerprint density at radius 1 is 1.29 bits per heavy atom. The number of fused-ring (bicyclic) bond motifs is 3. The minimum atomic E-state index is -3.51. The number of nitrogens with one attached hydrogen (secondary N) is 2. The maximum atomic E-state index is 12.6. The van der Waals surface area contributed by atoms with Crippen molar-refractivity contribution in [1.29, 1.82) is 0 Å². The van der Waals surface area contributed by atoms with Gasteiger partial charge in [-0.3, -0.25) is 5.10 Å². The number of H-pyrrole nitrogens is 1. The molecule has 0 bridgehead atoms. The van der Waals surface area contributed by atoms with Crippen LogP contribution in [0, 0.1) is 6.92 Å². The van der Waals surface area contributed by atoms with Crippen LogP contribution in [0.5, 0.6) is 0 Å². The molecule has 4 rings (SSSR count). The molecule has 24 heavy (non-hydrogen) atoms. The summed E-state index contributed by atoms with van der Waals surface area (Å²) in [4.78, 5) is 4.68. The standard InChI is InChI=1S/C17H18N4O2S/c1-11-3-2-4-14(7-11)24(22,23)21-13-5-6-15-12(8-13)9-18-17-16(15)10-19-20-17/h2-4,7,9-10,13,21H,5-6,8H2,1H3,(H,18,19,20). The molecule has 7 heteroatoms. The van der Waals surface area contributed by atoms with Gasteiger partial charge in [0.1, 0.15) is 0 Å². The Kier molecular flexibility index (Phi) is 3.62. The third kappa shape index (κ3) is 2.70. The maximum absolute atomic E-state index is 12.6. The van der Waals surface area contributed by atoms with Gasteiger partial charge in [-0.05, 0) is 55.0 Å². The molecule has 0 amide bonds. The van der Waals surface area contributed by atoms with Crippen molar-refractivity contribution < 1.29 is 8.42 Å². The summed E-state index contributed by atoms with van der Waals surface area (Å²) >= 11 is 0. The van der Waals surface area contributed by atoms with Gasteiger partial charge >= 0.3 is 0 Å². The van der Waals surface area contributed by atoms with Gasteiger partial charge < -0.3 is 0 Å². The molecule has 0 saturated carbocycles. The van der Waals surface area contributed by atoms with Crippen molar-refractivity contribution in [2.45, 2.75) is 37.1 Å². The Labute approximate surface area is 140 Å². The summed E-state index contributed by atoms with van der Waals surface area (Å²) in [5, 5.41) is 7.94. The minimum Gasteiger partial charge on any atom is -0.261 e. The van der Waals surface area contributed by atoms with Crippen LogP contribution in [0.2, 0.25) is 0 Å². The molecule has 0 fully saturated rings. The van der Waals surface area contributed by atoms with Gasteiger partial charge in [-0.1, -0.05) is 12.1 Å². The fraction of sp³-hybridized carbons (Fsp3) is 0.294. The monoisotopic (exact) mass is 342 g/mol. The molecule has 0 aliphatic heterocycles. The van der Waals surface area contributed by atoms with Crippen LogP contribution in [0.15, 0.2) is 41.6 Å². The molecule has 1 aliphatic rings. The summed E-state index contributed by atoms with van der Waals surface area (Å²) in [5.41, 5.74) is 4.03. The number of hydrogen-bond acceptors (Lipinski definition) is 4. The van der Waals surface area contributed by atoms with Gasteiger partial charge in [0.05, 0.1) is 11.1 Å². The van der Waals surface area contributed by atoms with Gasteiger partial charge in [-0.2, -0.15) is 5.10 Å². The van der Waals surface area contributed by atoms with E-state index in [2.05, 4.69) is 19.9 Å². The highest BCUT2D eigenvalue weighted by Crippen LogP contribution is 2.27. The predicted octanol–water partition coefficient (Wildman–Crippen LogP) is 2.10. The zero-order chi connectivity index (χ0) is 16.7. The van der Waals surface area contributed by atoms with E-state index < -0.39 is 10.0 Å². The van der Waals surface area contributed by atoms with Crippen LogP contribution in [0.3, 0.4) is 0 Å². The van der Waals surface area contributed by atoms with Crippen LogP contribution in [-0.4, -0.2) is 29.6 Å². The predicted molar refractivity (Wildman–Crippen MR) is 91.2 cm³/mol. The summed E-state index contributed by atoms with van der Waals surface area (Å²) in [6, 6.07) is 6.85. The highest BCUT2D eigenvalue weighted by molar-refractivity contribution is 7.89.